The molecule has 0 saturated carbocycles. The van der Waals surface area contributed by atoms with Gasteiger partial charge in [0.15, 0.2) is 29.6 Å². The molecule has 0 bridgehead atoms. The molecule has 222 valence electrons. The van der Waals surface area contributed by atoms with Gasteiger partial charge in [0.2, 0.25) is 0 Å². The molecule has 0 aliphatic carbocycles. The lowest BCUT2D eigenvalue weighted by molar-refractivity contribution is -0.139. The summed E-state index contributed by atoms with van der Waals surface area (Å²) >= 11 is 0. The fourth-order valence-electron chi connectivity index (χ4n) is 3.86. The first-order valence-corrected chi connectivity index (χ1v) is 13.3. The summed E-state index contributed by atoms with van der Waals surface area (Å²) in [6, 6.07) is 16.1. The van der Waals surface area contributed by atoms with Crippen LogP contribution in [0.2, 0.25) is 0 Å². The van der Waals surface area contributed by atoms with E-state index in [9.17, 15) is 14.4 Å². The van der Waals surface area contributed by atoms with Crippen LogP contribution in [-0.2, 0) is 20.8 Å². The van der Waals surface area contributed by atoms with Crippen LogP contribution in [0.15, 0.2) is 59.7 Å². The van der Waals surface area contributed by atoms with Crippen molar-refractivity contribution in [3.05, 3.63) is 76.9 Å². The van der Waals surface area contributed by atoms with Crippen LogP contribution in [0.25, 0.3) is 0 Å². The average molecular weight is 577 g/mol. The fraction of sp³-hybridized carbons (Fsp3) is 0.290. The highest BCUT2D eigenvalue weighted by Crippen LogP contribution is 2.29. The molecule has 3 aromatic rings. The van der Waals surface area contributed by atoms with E-state index in [0.29, 0.717) is 41.6 Å². The van der Waals surface area contributed by atoms with Gasteiger partial charge in [0, 0.05) is 12.2 Å². The van der Waals surface area contributed by atoms with Gasteiger partial charge in [0.1, 0.15) is 0 Å². The lowest BCUT2D eigenvalue weighted by Gasteiger charge is -2.14. The molecule has 3 N–H and O–H groups in total. The van der Waals surface area contributed by atoms with Crippen LogP contribution < -0.4 is 35.0 Å². The highest BCUT2D eigenvalue weighted by Gasteiger charge is 2.13. The molecule has 0 heterocycles. The van der Waals surface area contributed by atoms with Gasteiger partial charge in [0.05, 0.1) is 27.0 Å². The number of hydrogen-bond donors (Lipinski definition) is 3. The second-order valence-electron chi connectivity index (χ2n) is 9.12. The van der Waals surface area contributed by atoms with Gasteiger partial charge >= 0.3 is 11.8 Å². The van der Waals surface area contributed by atoms with Crippen molar-refractivity contribution in [2.24, 2.45) is 5.10 Å². The molecular weight excluding hydrogens is 540 g/mol. The molecule has 0 aliphatic heterocycles. The molecule has 11 nitrogen and oxygen atoms in total. The Morgan fingerprint density at radius 3 is 2.36 bits per heavy atom. The molecule has 3 amide bonds. The third kappa shape index (κ3) is 8.98. The van der Waals surface area contributed by atoms with E-state index in [1.165, 1.54) is 6.21 Å². The van der Waals surface area contributed by atoms with Gasteiger partial charge in [-0.25, -0.2) is 5.43 Å². The molecule has 0 atom stereocenters. The second-order valence-corrected chi connectivity index (χ2v) is 9.12. The number of rotatable bonds is 13. The summed E-state index contributed by atoms with van der Waals surface area (Å²) in [4.78, 5) is 36.7. The van der Waals surface area contributed by atoms with Gasteiger partial charge in [-0.3, -0.25) is 14.4 Å². The molecule has 0 saturated heterocycles. The van der Waals surface area contributed by atoms with E-state index < -0.39 is 11.8 Å². The van der Waals surface area contributed by atoms with Crippen molar-refractivity contribution in [1.29, 1.82) is 0 Å². The first-order valence-electron chi connectivity index (χ1n) is 13.3. The Morgan fingerprint density at radius 1 is 0.857 bits per heavy atom. The van der Waals surface area contributed by atoms with Crippen LogP contribution in [0.3, 0.4) is 0 Å². The molecule has 0 radical (unpaired) electrons. The van der Waals surface area contributed by atoms with Crippen LogP contribution in [0, 0.1) is 13.8 Å². The van der Waals surface area contributed by atoms with Crippen LogP contribution >= 0.6 is 0 Å². The van der Waals surface area contributed by atoms with Crippen molar-refractivity contribution in [1.82, 2.24) is 10.7 Å². The summed E-state index contributed by atoms with van der Waals surface area (Å²) in [5.41, 5.74) is 6.50. The summed E-state index contributed by atoms with van der Waals surface area (Å²) in [6.07, 6.45) is 1.86. The Bertz CT molecular complexity index is 1440. The van der Waals surface area contributed by atoms with Crippen LogP contribution in [0.1, 0.15) is 29.2 Å². The SMILES string of the molecule is CCOc1cc(/C=N\NC(=O)C(=O)NCCc2ccc(OC)c(OC)c2)ccc1OCC(=O)Nc1cccc(C)c1C. The molecule has 0 spiro atoms. The highest BCUT2D eigenvalue weighted by atomic mass is 16.5. The smallest absolute Gasteiger partial charge is 0.329 e. The number of carbonyl (C=O) groups excluding carboxylic acids is 3. The number of anilines is 1. The molecule has 3 aromatic carbocycles. The van der Waals surface area contributed by atoms with E-state index in [1.807, 2.05) is 51.1 Å². The summed E-state index contributed by atoms with van der Waals surface area (Å²) in [5.74, 6) is -0.0535. The topological polar surface area (TPSA) is 137 Å². The lowest BCUT2D eigenvalue weighted by Crippen LogP contribution is -2.38. The summed E-state index contributed by atoms with van der Waals surface area (Å²) in [5, 5.41) is 9.27. The number of hydrogen-bond acceptors (Lipinski definition) is 8. The number of aryl methyl sites for hydroxylation is 1. The maximum absolute atomic E-state index is 12.5. The standard InChI is InChI=1S/C31H36N4O7/c1-6-41-28-17-23(11-13-26(28)42-19-29(36)34-24-9-7-8-20(2)21(24)3)18-33-35-31(38)30(37)32-15-14-22-10-12-25(39-4)27(16-22)40-5/h7-13,16-18H,6,14-15,19H2,1-5H3,(H,32,37)(H,34,36)(H,35,38)/b33-18-. The zero-order valence-electron chi connectivity index (χ0n) is 24.4. The fourth-order valence-corrected chi connectivity index (χ4v) is 3.86. The van der Waals surface area contributed by atoms with Gasteiger partial charge in [0.25, 0.3) is 5.91 Å². The lowest BCUT2D eigenvalue weighted by atomic mass is 10.1. The van der Waals surface area contributed by atoms with Crippen molar-refractivity contribution in [3.8, 4) is 23.0 Å². The van der Waals surface area contributed by atoms with E-state index >= 15 is 0 Å². The third-order valence-electron chi connectivity index (χ3n) is 6.24. The molecule has 0 unspecified atom stereocenters. The Kier molecular flexibility index (Phi) is 11.7. The molecule has 0 aromatic heterocycles. The number of nitrogens with one attached hydrogen (secondary N) is 3. The van der Waals surface area contributed by atoms with Gasteiger partial charge in [-0.15, -0.1) is 0 Å². The van der Waals surface area contributed by atoms with Crippen molar-refractivity contribution >= 4 is 29.6 Å². The Morgan fingerprint density at radius 2 is 1.62 bits per heavy atom. The first-order chi connectivity index (χ1) is 20.2. The van der Waals surface area contributed by atoms with E-state index in [-0.39, 0.29) is 19.1 Å². The number of amides is 3. The maximum atomic E-state index is 12.5. The number of methoxy groups -OCH3 is 2. The number of hydrazone groups is 1. The predicted octanol–water partition coefficient (Wildman–Crippen LogP) is 3.55. The molecule has 42 heavy (non-hydrogen) atoms. The average Bonchev–Trinajstić information content (AvgIpc) is 2.99. The van der Waals surface area contributed by atoms with Crippen molar-refractivity contribution in [2.75, 3.05) is 39.3 Å². The second kappa shape index (κ2) is 15.7. The summed E-state index contributed by atoms with van der Waals surface area (Å²) in [7, 11) is 3.10. The molecule has 11 heteroatoms. The Labute approximate surface area is 245 Å². The van der Waals surface area contributed by atoms with E-state index in [0.717, 1.165) is 22.4 Å². The van der Waals surface area contributed by atoms with Crippen LogP contribution in [0.5, 0.6) is 23.0 Å². The van der Waals surface area contributed by atoms with Crippen LogP contribution in [-0.4, -0.2) is 57.9 Å². The minimum absolute atomic E-state index is 0.210. The zero-order valence-corrected chi connectivity index (χ0v) is 24.4. The minimum atomic E-state index is -0.904. The highest BCUT2D eigenvalue weighted by molar-refractivity contribution is 6.35. The zero-order chi connectivity index (χ0) is 30.5. The molecule has 0 fully saturated rings. The quantitative estimate of drug-likeness (QED) is 0.161. The predicted molar refractivity (Wildman–Crippen MR) is 160 cm³/mol. The normalized spacial score (nSPS) is 10.6. The van der Waals surface area contributed by atoms with E-state index in [1.54, 1.807) is 38.5 Å². The molecular formula is C31H36N4O7. The number of carbonyl (C=O) groups is 3. The van der Waals surface area contributed by atoms with Crippen molar-refractivity contribution in [3.63, 3.8) is 0 Å². The summed E-state index contributed by atoms with van der Waals surface area (Å²) in [6.45, 7) is 6.14. The van der Waals surface area contributed by atoms with Crippen molar-refractivity contribution in [2.45, 2.75) is 27.2 Å². The molecule has 0 aliphatic rings. The number of nitrogens with zero attached hydrogens (tertiary/aromatic N) is 1. The van der Waals surface area contributed by atoms with Gasteiger partial charge in [-0.2, -0.15) is 5.10 Å². The van der Waals surface area contributed by atoms with Gasteiger partial charge in [-0.1, -0.05) is 18.2 Å². The Hall–Kier alpha value is -5.06. The largest absolute Gasteiger partial charge is 0.493 e. The van der Waals surface area contributed by atoms with Crippen LogP contribution in [0.4, 0.5) is 5.69 Å². The Balaban J connectivity index is 1.49. The number of benzene rings is 3. The molecule has 3 rings (SSSR count). The van der Waals surface area contributed by atoms with Gasteiger partial charge < -0.3 is 29.6 Å². The third-order valence-corrected chi connectivity index (χ3v) is 6.24. The monoisotopic (exact) mass is 576 g/mol. The first kappa shape index (κ1) is 31.5. The van der Waals surface area contributed by atoms with Gasteiger partial charge in [-0.05, 0) is 85.8 Å². The maximum Gasteiger partial charge on any atom is 0.329 e. The van der Waals surface area contributed by atoms with Crippen molar-refractivity contribution < 1.29 is 33.3 Å². The van der Waals surface area contributed by atoms with E-state index in [4.69, 9.17) is 18.9 Å². The number of ether oxygens (including phenoxy) is 4. The summed E-state index contributed by atoms with van der Waals surface area (Å²) < 4.78 is 21.8. The minimum Gasteiger partial charge on any atom is -0.493 e. The van der Waals surface area contributed by atoms with E-state index in [2.05, 4.69) is 21.2 Å².